The molecule has 0 spiro atoms. The Morgan fingerprint density at radius 2 is 1.45 bits per heavy atom. The van der Waals surface area contributed by atoms with E-state index in [4.69, 9.17) is 4.98 Å². The maximum Gasteiger partial charge on any atom is 0.141 e. The summed E-state index contributed by atoms with van der Waals surface area (Å²) in [6.45, 7) is 4.00. The first-order chi connectivity index (χ1) is 13.8. The van der Waals surface area contributed by atoms with Gasteiger partial charge in [0.15, 0.2) is 0 Å². The molecule has 0 saturated heterocycles. The highest BCUT2D eigenvalue weighted by atomic mass is 16.3. The van der Waals surface area contributed by atoms with Gasteiger partial charge in [-0.05, 0) is 6.42 Å². The maximum absolute atomic E-state index is 10.5. The summed E-state index contributed by atoms with van der Waals surface area (Å²) in [6.07, 6.45) is 9.39. The summed E-state index contributed by atoms with van der Waals surface area (Å²) in [5, 5.41) is 10.5. The van der Waals surface area contributed by atoms with Crippen molar-refractivity contribution >= 4 is 5.57 Å². The number of aliphatic hydroxyl groups is 1. The molecule has 4 rings (SSSR count). The number of hydrogen-bond acceptors (Lipinski definition) is 2. The molecular weight excluding hydrogens is 356 g/mol. The van der Waals surface area contributed by atoms with E-state index in [1.807, 2.05) is 68.5 Å². The Labute approximate surface area is 174 Å². The minimum Gasteiger partial charge on any atom is -0.511 e. The number of allylic oxidation sites excluding steroid dienone is 5. The van der Waals surface area contributed by atoms with Crippen LogP contribution in [0.25, 0.3) is 28.1 Å². The van der Waals surface area contributed by atoms with Crippen LogP contribution < -0.4 is 0 Å². The normalized spacial score (nSPS) is 17.7. The van der Waals surface area contributed by atoms with Gasteiger partial charge in [0.1, 0.15) is 11.6 Å². The van der Waals surface area contributed by atoms with Crippen molar-refractivity contribution in [3.63, 3.8) is 0 Å². The molecule has 0 fully saturated rings. The van der Waals surface area contributed by atoms with Gasteiger partial charge in [-0.15, -0.1) is 0 Å². The zero-order valence-corrected chi connectivity index (χ0v) is 16.4. The molecule has 2 N–H and O–H groups in total. The average molecular weight is 387 g/mol. The Morgan fingerprint density at radius 1 is 0.828 bits per heavy atom. The van der Waals surface area contributed by atoms with Gasteiger partial charge in [-0.3, -0.25) is 0 Å². The third kappa shape index (κ3) is 5.14. The largest absolute Gasteiger partial charge is 0.511 e. The highest BCUT2D eigenvalue weighted by molar-refractivity contribution is 5.82. The predicted molar refractivity (Wildman–Crippen MR) is 125 cm³/mol. The molecule has 3 nitrogen and oxygen atoms in total. The van der Waals surface area contributed by atoms with E-state index >= 15 is 0 Å². The van der Waals surface area contributed by atoms with Gasteiger partial charge >= 0.3 is 0 Å². The van der Waals surface area contributed by atoms with Crippen molar-refractivity contribution in [1.82, 2.24) is 9.97 Å². The number of aromatic nitrogens is 2. The molecule has 0 amide bonds. The van der Waals surface area contributed by atoms with Crippen LogP contribution in [0.5, 0.6) is 0 Å². The van der Waals surface area contributed by atoms with E-state index in [1.165, 1.54) is 0 Å². The molecule has 0 saturated carbocycles. The Hall–Kier alpha value is -3.33. The second-order valence-electron chi connectivity index (χ2n) is 6.22. The quantitative estimate of drug-likeness (QED) is 0.456. The number of nitrogens with zero attached hydrogens (tertiary/aromatic N) is 1. The summed E-state index contributed by atoms with van der Waals surface area (Å²) in [7, 11) is 0. The minimum atomic E-state index is 0. The lowest BCUT2D eigenvalue weighted by atomic mass is 10.1. The molecule has 1 heterocycles. The van der Waals surface area contributed by atoms with Crippen LogP contribution in [-0.4, -0.2) is 15.1 Å². The highest BCUT2D eigenvalue weighted by Crippen LogP contribution is 2.33. The third-order valence-electron chi connectivity index (χ3n) is 4.41. The zero-order chi connectivity index (χ0) is 19.8. The molecular formula is C26H30N2O. The van der Waals surface area contributed by atoms with Gasteiger partial charge in [-0.1, -0.05) is 106 Å². The monoisotopic (exact) mass is 386 g/mol. The van der Waals surface area contributed by atoms with Crippen molar-refractivity contribution in [3.05, 3.63) is 96.6 Å². The minimum absolute atomic E-state index is 0. The molecule has 2 aromatic carbocycles. The molecule has 1 aliphatic carbocycles. The van der Waals surface area contributed by atoms with Gasteiger partial charge < -0.3 is 10.1 Å². The van der Waals surface area contributed by atoms with Crippen LogP contribution in [0.1, 0.15) is 39.9 Å². The average Bonchev–Trinajstić information content (AvgIpc) is 3.19. The molecule has 0 bridgehead atoms. The van der Waals surface area contributed by atoms with Crippen LogP contribution in [0.4, 0.5) is 0 Å². The van der Waals surface area contributed by atoms with Gasteiger partial charge in [0.05, 0.1) is 17.0 Å². The number of nitrogens with one attached hydrogen (secondary N) is 1. The van der Waals surface area contributed by atoms with Crippen LogP contribution in [0, 0.1) is 0 Å². The number of aliphatic hydroxyl groups excluding tert-OH is 1. The number of hydrogen-bond donors (Lipinski definition) is 2. The molecule has 0 aliphatic heterocycles. The summed E-state index contributed by atoms with van der Waals surface area (Å²) in [5.74, 6) is 1.01. The van der Waals surface area contributed by atoms with Crippen LogP contribution >= 0.6 is 0 Å². The molecule has 3 heteroatoms. The fourth-order valence-corrected chi connectivity index (χ4v) is 3.10. The predicted octanol–water partition coefficient (Wildman–Crippen LogP) is 7.58. The number of rotatable bonds is 3. The lowest BCUT2D eigenvalue weighted by Gasteiger charge is -2.05. The van der Waals surface area contributed by atoms with Crippen LogP contribution in [0.3, 0.4) is 0 Å². The lowest BCUT2D eigenvalue weighted by Crippen LogP contribution is -1.93. The van der Waals surface area contributed by atoms with E-state index < -0.39 is 0 Å². The second kappa shape index (κ2) is 10.9. The number of H-pyrrole nitrogens is 1. The number of imidazole rings is 1. The van der Waals surface area contributed by atoms with E-state index in [0.717, 1.165) is 34.5 Å². The topological polar surface area (TPSA) is 48.9 Å². The first kappa shape index (κ1) is 22.0. The highest BCUT2D eigenvalue weighted by Gasteiger charge is 2.17. The molecule has 1 aromatic heterocycles. The molecule has 1 aliphatic rings. The number of benzene rings is 2. The van der Waals surface area contributed by atoms with Crippen LogP contribution in [0.2, 0.25) is 0 Å². The summed E-state index contributed by atoms with van der Waals surface area (Å²) in [4.78, 5) is 8.29. The standard InChI is InChI=1S/C23H20N2O.C2H6.CH4/c26-20-16-10-2-1-9-15-19(20)23-24-21(17-11-5-3-6-12-17)22(25-23)18-13-7-4-8-14-18;1-2;/h2-15,26H,1,16H2,(H,24,25);1-2H3;1H4/b10-2-,15-9+,20-19-;;. The van der Waals surface area contributed by atoms with Gasteiger partial charge in [0.2, 0.25) is 0 Å². The smallest absolute Gasteiger partial charge is 0.141 e. The first-order valence-electron chi connectivity index (χ1n) is 9.78. The van der Waals surface area contributed by atoms with Crippen molar-refractivity contribution in [1.29, 1.82) is 0 Å². The molecule has 0 radical (unpaired) electrons. The zero-order valence-electron chi connectivity index (χ0n) is 16.4. The first-order valence-corrected chi connectivity index (χ1v) is 9.78. The fourth-order valence-electron chi connectivity index (χ4n) is 3.10. The van der Waals surface area contributed by atoms with Crippen molar-refractivity contribution in [2.24, 2.45) is 0 Å². The van der Waals surface area contributed by atoms with E-state index in [2.05, 4.69) is 35.3 Å². The Kier molecular flexibility index (Phi) is 8.23. The SMILES string of the molecule is C.CC.O/C1=C(c2nc(-c3ccccc3)c(-c3ccccc3)[nH]2)/C=C/C/C=C\C1. The van der Waals surface area contributed by atoms with E-state index in [1.54, 1.807) is 0 Å². The molecule has 29 heavy (non-hydrogen) atoms. The Balaban J connectivity index is 0.000000970. The molecule has 0 atom stereocenters. The van der Waals surface area contributed by atoms with E-state index in [0.29, 0.717) is 18.0 Å². The third-order valence-corrected chi connectivity index (χ3v) is 4.41. The van der Waals surface area contributed by atoms with Gasteiger partial charge in [0, 0.05) is 17.5 Å². The molecule has 3 aromatic rings. The maximum atomic E-state index is 10.5. The van der Waals surface area contributed by atoms with Crippen LogP contribution in [-0.2, 0) is 0 Å². The van der Waals surface area contributed by atoms with Crippen molar-refractivity contribution in [2.75, 3.05) is 0 Å². The molecule has 0 unspecified atom stereocenters. The van der Waals surface area contributed by atoms with Crippen molar-refractivity contribution in [3.8, 4) is 22.5 Å². The summed E-state index contributed by atoms with van der Waals surface area (Å²) in [5.41, 5.74) is 4.70. The van der Waals surface area contributed by atoms with Gasteiger partial charge in [-0.25, -0.2) is 4.98 Å². The molecule has 150 valence electrons. The summed E-state index contributed by atoms with van der Waals surface area (Å²) >= 11 is 0. The van der Waals surface area contributed by atoms with Crippen LogP contribution in [0.15, 0.2) is 90.7 Å². The van der Waals surface area contributed by atoms with Gasteiger partial charge in [0.25, 0.3) is 0 Å². The summed E-state index contributed by atoms with van der Waals surface area (Å²) < 4.78 is 0. The van der Waals surface area contributed by atoms with Crippen molar-refractivity contribution < 1.29 is 5.11 Å². The summed E-state index contributed by atoms with van der Waals surface area (Å²) in [6, 6.07) is 20.3. The fraction of sp³-hybridized carbons (Fsp3) is 0.192. The lowest BCUT2D eigenvalue weighted by molar-refractivity contribution is 0.404. The Morgan fingerprint density at radius 3 is 2.10 bits per heavy atom. The van der Waals surface area contributed by atoms with E-state index in [-0.39, 0.29) is 7.43 Å². The Bertz CT molecular complexity index is 923. The second-order valence-corrected chi connectivity index (χ2v) is 6.22. The van der Waals surface area contributed by atoms with E-state index in [9.17, 15) is 5.11 Å². The van der Waals surface area contributed by atoms with Crippen molar-refractivity contribution in [2.45, 2.75) is 34.1 Å². The number of aromatic amines is 1. The van der Waals surface area contributed by atoms with Gasteiger partial charge in [-0.2, -0.15) is 0 Å².